The Kier molecular flexibility index (Phi) is 7.05. The lowest BCUT2D eigenvalue weighted by atomic mass is 10.2. The molecule has 2 aromatic carbocycles. The zero-order valence-corrected chi connectivity index (χ0v) is 16.7. The van der Waals surface area contributed by atoms with Gasteiger partial charge in [0.05, 0.1) is 9.82 Å². The number of hydrogen-bond donors (Lipinski definition) is 1. The zero-order chi connectivity index (χ0) is 20.9. The van der Waals surface area contributed by atoms with Gasteiger partial charge in [0.25, 0.3) is 5.69 Å². The normalized spacial score (nSPS) is 11.6. The highest BCUT2D eigenvalue weighted by atomic mass is 32.2. The molecule has 0 spiro atoms. The molecule has 0 unspecified atom stereocenters. The van der Waals surface area contributed by atoms with Gasteiger partial charge in [0.2, 0.25) is 10.0 Å². The van der Waals surface area contributed by atoms with Gasteiger partial charge in [-0.1, -0.05) is 12.1 Å². The van der Waals surface area contributed by atoms with Gasteiger partial charge in [-0.25, -0.2) is 17.5 Å². The smallest absolute Gasteiger partial charge is 0.293 e. The van der Waals surface area contributed by atoms with Gasteiger partial charge in [-0.15, -0.1) is 0 Å². The number of nitro groups is 1. The van der Waals surface area contributed by atoms with Gasteiger partial charge in [0.15, 0.2) is 0 Å². The maximum atomic E-state index is 13.0. The van der Waals surface area contributed by atoms with Crippen LogP contribution in [0, 0.1) is 15.9 Å². The van der Waals surface area contributed by atoms with Crippen molar-refractivity contribution in [3.8, 4) is 0 Å². The molecule has 0 heterocycles. The largest absolute Gasteiger partial charge is 0.365 e. The third kappa shape index (κ3) is 5.72. The number of nitrogens with one attached hydrogen (secondary N) is 1. The van der Waals surface area contributed by atoms with E-state index in [1.165, 1.54) is 24.3 Å². The van der Waals surface area contributed by atoms with E-state index in [4.69, 9.17) is 0 Å². The number of nitro benzene ring substituents is 1. The second kappa shape index (κ2) is 9.09. The SMILES string of the molecule is CN(C)CCNS(=O)(=O)c1ccc(N(C)Cc2ccc(F)cc2)c([N+](=O)[O-])c1. The number of halogens is 1. The minimum atomic E-state index is -3.86. The summed E-state index contributed by atoms with van der Waals surface area (Å²) in [6, 6.07) is 9.59. The summed E-state index contributed by atoms with van der Waals surface area (Å²) in [6.45, 7) is 0.990. The maximum absolute atomic E-state index is 13.0. The molecule has 0 saturated carbocycles. The van der Waals surface area contributed by atoms with E-state index in [0.29, 0.717) is 13.1 Å². The van der Waals surface area contributed by atoms with Crippen LogP contribution in [0.2, 0.25) is 0 Å². The molecule has 2 aromatic rings. The number of likely N-dealkylation sites (N-methyl/N-ethyl adjacent to an activating group) is 1. The summed E-state index contributed by atoms with van der Waals surface area (Å²) in [5, 5.41) is 11.5. The average molecular weight is 410 g/mol. The maximum Gasteiger partial charge on any atom is 0.293 e. The summed E-state index contributed by atoms with van der Waals surface area (Å²) in [6.07, 6.45) is 0. The number of anilines is 1. The van der Waals surface area contributed by atoms with E-state index in [2.05, 4.69) is 4.72 Å². The molecule has 0 atom stereocenters. The van der Waals surface area contributed by atoms with E-state index in [1.807, 2.05) is 19.0 Å². The summed E-state index contributed by atoms with van der Waals surface area (Å²) in [4.78, 5) is 14.2. The molecule has 0 saturated heterocycles. The quantitative estimate of drug-likeness (QED) is 0.503. The van der Waals surface area contributed by atoms with E-state index >= 15 is 0 Å². The molecular formula is C18H23FN4O4S. The minimum Gasteiger partial charge on any atom is -0.365 e. The highest BCUT2D eigenvalue weighted by Gasteiger charge is 2.23. The van der Waals surface area contributed by atoms with Crippen molar-refractivity contribution in [2.75, 3.05) is 39.1 Å². The third-order valence-corrected chi connectivity index (χ3v) is 5.51. The lowest BCUT2D eigenvalue weighted by Crippen LogP contribution is -2.31. The summed E-state index contributed by atoms with van der Waals surface area (Å²) in [7, 11) is 1.41. The van der Waals surface area contributed by atoms with E-state index < -0.39 is 14.9 Å². The van der Waals surface area contributed by atoms with E-state index in [1.54, 1.807) is 24.1 Å². The first-order chi connectivity index (χ1) is 13.1. The molecule has 1 N–H and O–H groups in total. The fraction of sp³-hybridized carbons (Fsp3) is 0.333. The first-order valence-electron chi connectivity index (χ1n) is 8.48. The van der Waals surface area contributed by atoms with Crippen LogP contribution in [0.15, 0.2) is 47.4 Å². The van der Waals surface area contributed by atoms with Crippen LogP contribution in [-0.2, 0) is 16.6 Å². The third-order valence-electron chi connectivity index (χ3n) is 4.05. The molecule has 2 rings (SSSR count). The molecule has 10 heteroatoms. The summed E-state index contributed by atoms with van der Waals surface area (Å²) in [5.74, 6) is -0.367. The highest BCUT2D eigenvalue weighted by Crippen LogP contribution is 2.31. The van der Waals surface area contributed by atoms with Crippen molar-refractivity contribution in [3.05, 3.63) is 64.0 Å². The first-order valence-corrected chi connectivity index (χ1v) is 9.97. The monoisotopic (exact) mass is 410 g/mol. The van der Waals surface area contributed by atoms with Crippen molar-refractivity contribution < 1.29 is 17.7 Å². The van der Waals surface area contributed by atoms with Crippen molar-refractivity contribution >= 4 is 21.4 Å². The van der Waals surface area contributed by atoms with Crippen LogP contribution in [-0.4, -0.2) is 52.5 Å². The minimum absolute atomic E-state index is 0.170. The predicted molar refractivity (Wildman–Crippen MR) is 105 cm³/mol. The molecule has 28 heavy (non-hydrogen) atoms. The van der Waals surface area contributed by atoms with Gasteiger partial charge in [-0.2, -0.15) is 0 Å². The Labute approximate surface area is 163 Å². The van der Waals surface area contributed by atoms with Gasteiger partial charge in [-0.05, 0) is 43.9 Å². The average Bonchev–Trinajstić information content (AvgIpc) is 2.62. The van der Waals surface area contributed by atoms with Crippen LogP contribution < -0.4 is 9.62 Å². The summed E-state index contributed by atoms with van der Waals surface area (Å²) < 4.78 is 40.2. The first kappa shape index (κ1) is 21.7. The molecule has 0 aliphatic carbocycles. The molecule has 0 amide bonds. The number of nitrogens with zero attached hydrogens (tertiary/aromatic N) is 3. The Morgan fingerprint density at radius 1 is 1.11 bits per heavy atom. The van der Waals surface area contributed by atoms with Crippen LogP contribution in [0.5, 0.6) is 0 Å². The van der Waals surface area contributed by atoms with Crippen molar-refractivity contribution in [3.63, 3.8) is 0 Å². The van der Waals surface area contributed by atoms with E-state index in [9.17, 15) is 22.9 Å². The molecule has 0 aliphatic rings. The highest BCUT2D eigenvalue weighted by molar-refractivity contribution is 7.89. The summed E-state index contributed by atoms with van der Waals surface area (Å²) >= 11 is 0. The van der Waals surface area contributed by atoms with Crippen molar-refractivity contribution in [2.24, 2.45) is 0 Å². The fourth-order valence-corrected chi connectivity index (χ4v) is 3.62. The van der Waals surface area contributed by atoms with Crippen molar-refractivity contribution in [1.29, 1.82) is 0 Å². The van der Waals surface area contributed by atoms with Gasteiger partial charge < -0.3 is 9.80 Å². The van der Waals surface area contributed by atoms with Gasteiger partial charge in [-0.3, -0.25) is 10.1 Å². The molecule has 0 radical (unpaired) electrons. The molecule has 8 nitrogen and oxygen atoms in total. The van der Waals surface area contributed by atoms with Crippen LogP contribution >= 0.6 is 0 Å². The molecule has 0 aliphatic heterocycles. The lowest BCUT2D eigenvalue weighted by Gasteiger charge is -2.20. The number of benzene rings is 2. The Hall–Kier alpha value is -2.56. The molecule has 0 aromatic heterocycles. The second-order valence-corrected chi connectivity index (χ2v) is 8.36. The fourth-order valence-electron chi connectivity index (χ4n) is 2.58. The van der Waals surface area contributed by atoms with Crippen LogP contribution in [0.25, 0.3) is 0 Å². The molecular weight excluding hydrogens is 387 g/mol. The zero-order valence-electron chi connectivity index (χ0n) is 15.9. The molecule has 0 bridgehead atoms. The Morgan fingerprint density at radius 3 is 2.32 bits per heavy atom. The topological polar surface area (TPSA) is 95.8 Å². The van der Waals surface area contributed by atoms with E-state index in [-0.39, 0.29) is 28.6 Å². The van der Waals surface area contributed by atoms with Crippen LogP contribution in [0.4, 0.5) is 15.8 Å². The lowest BCUT2D eigenvalue weighted by molar-refractivity contribution is -0.384. The van der Waals surface area contributed by atoms with Crippen molar-refractivity contribution in [2.45, 2.75) is 11.4 Å². The molecule has 152 valence electrons. The van der Waals surface area contributed by atoms with Crippen LogP contribution in [0.1, 0.15) is 5.56 Å². The van der Waals surface area contributed by atoms with Gasteiger partial charge in [0.1, 0.15) is 11.5 Å². The van der Waals surface area contributed by atoms with Crippen LogP contribution in [0.3, 0.4) is 0 Å². The Bertz CT molecular complexity index is 933. The number of hydrogen-bond acceptors (Lipinski definition) is 6. The number of sulfonamides is 1. The predicted octanol–water partition coefficient (Wildman–Crippen LogP) is 2.21. The number of rotatable bonds is 9. The Morgan fingerprint density at radius 2 is 1.75 bits per heavy atom. The molecule has 0 fully saturated rings. The summed E-state index contributed by atoms with van der Waals surface area (Å²) in [5.41, 5.74) is 0.710. The van der Waals surface area contributed by atoms with E-state index in [0.717, 1.165) is 11.6 Å². The second-order valence-electron chi connectivity index (χ2n) is 6.59. The van der Waals surface area contributed by atoms with Gasteiger partial charge >= 0.3 is 0 Å². The van der Waals surface area contributed by atoms with Crippen molar-refractivity contribution in [1.82, 2.24) is 9.62 Å². The Balaban J connectivity index is 2.26. The standard InChI is InChI=1S/C18H23FN4O4S/c1-21(2)11-10-20-28(26,27)16-8-9-17(18(12-16)23(24)25)22(3)13-14-4-6-15(19)7-5-14/h4-9,12,20H,10-11,13H2,1-3H3. The van der Waals surface area contributed by atoms with Gasteiger partial charge in [0, 0.05) is 32.7 Å².